The summed E-state index contributed by atoms with van der Waals surface area (Å²) in [5, 5.41) is 11.9. The monoisotopic (exact) mass is 299 g/mol. The van der Waals surface area contributed by atoms with E-state index in [1.807, 2.05) is 44.2 Å². The summed E-state index contributed by atoms with van der Waals surface area (Å²) in [6.07, 6.45) is 0.379. The largest absolute Gasteiger partial charge is 0.491 e. The lowest BCUT2D eigenvalue weighted by Gasteiger charge is -2.11. The summed E-state index contributed by atoms with van der Waals surface area (Å²) in [5.41, 5.74) is 2.35. The van der Waals surface area contributed by atoms with Gasteiger partial charge >= 0.3 is 0 Å². The van der Waals surface area contributed by atoms with E-state index in [9.17, 15) is 4.79 Å². The van der Waals surface area contributed by atoms with Crippen molar-refractivity contribution < 1.29 is 14.6 Å². The van der Waals surface area contributed by atoms with Crippen LogP contribution in [0.1, 0.15) is 25.0 Å². The van der Waals surface area contributed by atoms with Gasteiger partial charge in [0.2, 0.25) is 5.91 Å². The van der Waals surface area contributed by atoms with Gasteiger partial charge in [-0.3, -0.25) is 4.79 Å². The molecule has 0 atom stereocenters. The molecule has 116 valence electrons. The van der Waals surface area contributed by atoms with E-state index in [0.29, 0.717) is 5.69 Å². The van der Waals surface area contributed by atoms with Gasteiger partial charge < -0.3 is 15.2 Å². The average molecular weight is 299 g/mol. The van der Waals surface area contributed by atoms with Crippen molar-refractivity contribution in [3.05, 3.63) is 59.7 Å². The fourth-order valence-corrected chi connectivity index (χ4v) is 2.14. The van der Waals surface area contributed by atoms with Crippen LogP contribution in [0.5, 0.6) is 5.75 Å². The number of hydrogen-bond donors (Lipinski definition) is 2. The highest BCUT2D eigenvalue weighted by Crippen LogP contribution is 2.16. The first-order chi connectivity index (χ1) is 10.6. The number of ether oxygens (including phenoxy) is 1. The van der Waals surface area contributed by atoms with Crippen molar-refractivity contribution in [1.29, 1.82) is 0 Å². The summed E-state index contributed by atoms with van der Waals surface area (Å²) in [7, 11) is 0. The van der Waals surface area contributed by atoms with Crippen molar-refractivity contribution >= 4 is 11.6 Å². The van der Waals surface area contributed by atoms with Crippen LogP contribution in [0.25, 0.3) is 0 Å². The zero-order valence-corrected chi connectivity index (χ0v) is 12.9. The molecule has 22 heavy (non-hydrogen) atoms. The van der Waals surface area contributed by atoms with Crippen LogP contribution >= 0.6 is 0 Å². The van der Waals surface area contributed by atoms with E-state index in [1.54, 1.807) is 18.2 Å². The summed E-state index contributed by atoms with van der Waals surface area (Å²) in [6.45, 7) is 3.89. The first-order valence-corrected chi connectivity index (χ1v) is 7.32. The second-order valence-corrected chi connectivity index (χ2v) is 5.40. The maximum atomic E-state index is 12.1. The standard InChI is InChI=1S/C18H21NO3/c1-13(2)22-17-8-4-5-14(10-17)11-18(21)19-16-7-3-6-15(9-16)12-20/h3-10,13,20H,11-12H2,1-2H3,(H,19,21). The molecule has 0 aromatic heterocycles. The predicted molar refractivity (Wildman–Crippen MR) is 86.9 cm³/mol. The number of amides is 1. The third-order valence-corrected chi connectivity index (χ3v) is 3.03. The first kappa shape index (κ1) is 16.0. The first-order valence-electron chi connectivity index (χ1n) is 7.32. The Labute approximate surface area is 130 Å². The molecule has 2 aromatic carbocycles. The van der Waals surface area contributed by atoms with Gasteiger partial charge in [0.15, 0.2) is 0 Å². The normalized spacial score (nSPS) is 10.5. The van der Waals surface area contributed by atoms with Crippen LogP contribution in [0.3, 0.4) is 0 Å². The summed E-state index contributed by atoms with van der Waals surface area (Å²) in [6, 6.07) is 14.7. The van der Waals surface area contributed by atoms with Crippen molar-refractivity contribution in [2.75, 3.05) is 5.32 Å². The fourth-order valence-electron chi connectivity index (χ4n) is 2.14. The average Bonchev–Trinajstić information content (AvgIpc) is 2.47. The van der Waals surface area contributed by atoms with Gasteiger partial charge in [-0.05, 0) is 49.2 Å². The van der Waals surface area contributed by atoms with Crippen LogP contribution in [0.15, 0.2) is 48.5 Å². The van der Waals surface area contributed by atoms with Gasteiger partial charge in [-0.2, -0.15) is 0 Å². The third kappa shape index (κ3) is 4.90. The molecule has 0 saturated carbocycles. The highest BCUT2D eigenvalue weighted by molar-refractivity contribution is 5.92. The third-order valence-electron chi connectivity index (χ3n) is 3.03. The van der Waals surface area contributed by atoms with Gasteiger partial charge in [0, 0.05) is 5.69 Å². The molecule has 0 aliphatic carbocycles. The predicted octanol–water partition coefficient (Wildman–Crippen LogP) is 3.15. The molecule has 4 nitrogen and oxygen atoms in total. The molecule has 0 aliphatic heterocycles. The lowest BCUT2D eigenvalue weighted by molar-refractivity contribution is -0.115. The number of carbonyl (C=O) groups excluding carboxylic acids is 1. The lowest BCUT2D eigenvalue weighted by Crippen LogP contribution is -2.14. The minimum absolute atomic E-state index is 0.0434. The Morgan fingerprint density at radius 3 is 2.59 bits per heavy atom. The maximum absolute atomic E-state index is 12.1. The molecule has 0 radical (unpaired) electrons. The molecule has 2 aromatic rings. The van der Waals surface area contributed by atoms with Crippen molar-refractivity contribution in [2.45, 2.75) is 33.0 Å². The van der Waals surface area contributed by atoms with Gasteiger partial charge in [-0.15, -0.1) is 0 Å². The number of rotatable bonds is 6. The van der Waals surface area contributed by atoms with Gasteiger partial charge in [0.25, 0.3) is 0 Å². The minimum Gasteiger partial charge on any atom is -0.491 e. The number of aliphatic hydroxyl groups is 1. The highest BCUT2D eigenvalue weighted by Gasteiger charge is 2.06. The van der Waals surface area contributed by atoms with E-state index < -0.39 is 0 Å². The molecule has 0 saturated heterocycles. The van der Waals surface area contributed by atoms with Crippen LogP contribution in [0.2, 0.25) is 0 Å². The van der Waals surface area contributed by atoms with Crippen LogP contribution in [0.4, 0.5) is 5.69 Å². The zero-order chi connectivity index (χ0) is 15.9. The Morgan fingerprint density at radius 1 is 1.14 bits per heavy atom. The number of benzene rings is 2. The van der Waals surface area contributed by atoms with E-state index in [4.69, 9.17) is 9.84 Å². The molecule has 2 rings (SSSR count). The second kappa shape index (κ2) is 7.61. The topological polar surface area (TPSA) is 58.6 Å². The molecule has 1 amide bonds. The second-order valence-electron chi connectivity index (χ2n) is 5.40. The zero-order valence-electron chi connectivity index (χ0n) is 12.9. The SMILES string of the molecule is CC(C)Oc1cccc(CC(=O)Nc2cccc(CO)c2)c1. The summed E-state index contributed by atoms with van der Waals surface area (Å²) in [4.78, 5) is 12.1. The van der Waals surface area contributed by atoms with Crippen molar-refractivity contribution in [2.24, 2.45) is 0 Å². The van der Waals surface area contributed by atoms with Crippen LogP contribution in [-0.2, 0) is 17.8 Å². The number of anilines is 1. The van der Waals surface area contributed by atoms with Crippen molar-refractivity contribution in [3.63, 3.8) is 0 Å². The molecule has 0 unspecified atom stereocenters. The molecular formula is C18H21NO3. The Morgan fingerprint density at radius 2 is 1.86 bits per heavy atom. The Bertz CT molecular complexity index is 638. The number of hydrogen-bond acceptors (Lipinski definition) is 3. The summed E-state index contributed by atoms with van der Waals surface area (Å²) >= 11 is 0. The fraction of sp³-hybridized carbons (Fsp3) is 0.278. The highest BCUT2D eigenvalue weighted by atomic mass is 16.5. The number of carbonyl (C=O) groups is 1. The van der Waals surface area contributed by atoms with Crippen molar-refractivity contribution in [3.8, 4) is 5.75 Å². The molecule has 0 aliphatic rings. The lowest BCUT2D eigenvalue weighted by atomic mass is 10.1. The molecular weight excluding hydrogens is 278 g/mol. The quantitative estimate of drug-likeness (QED) is 0.861. The molecule has 0 spiro atoms. The van der Waals surface area contributed by atoms with Crippen LogP contribution in [-0.4, -0.2) is 17.1 Å². The Kier molecular flexibility index (Phi) is 5.55. The van der Waals surface area contributed by atoms with Gasteiger partial charge in [-0.25, -0.2) is 0 Å². The van der Waals surface area contributed by atoms with E-state index in [1.165, 1.54) is 0 Å². The smallest absolute Gasteiger partial charge is 0.228 e. The molecule has 0 heterocycles. The Balaban J connectivity index is 1.99. The summed E-state index contributed by atoms with van der Waals surface area (Å²) < 4.78 is 5.63. The van der Waals surface area contributed by atoms with E-state index >= 15 is 0 Å². The summed E-state index contributed by atoms with van der Waals surface area (Å²) in [5.74, 6) is 0.666. The Hall–Kier alpha value is -2.33. The maximum Gasteiger partial charge on any atom is 0.228 e. The van der Waals surface area contributed by atoms with Gasteiger partial charge in [0.1, 0.15) is 5.75 Å². The molecule has 2 N–H and O–H groups in total. The molecule has 0 fully saturated rings. The van der Waals surface area contributed by atoms with Gasteiger partial charge in [-0.1, -0.05) is 24.3 Å². The van der Waals surface area contributed by atoms with Crippen molar-refractivity contribution in [1.82, 2.24) is 0 Å². The molecule has 4 heteroatoms. The number of nitrogens with one attached hydrogen (secondary N) is 1. The van der Waals surface area contributed by atoms with E-state index in [-0.39, 0.29) is 25.0 Å². The van der Waals surface area contributed by atoms with E-state index in [2.05, 4.69) is 5.32 Å². The van der Waals surface area contributed by atoms with Crippen LogP contribution < -0.4 is 10.1 Å². The molecule has 0 bridgehead atoms. The van der Waals surface area contributed by atoms with E-state index in [0.717, 1.165) is 16.9 Å². The van der Waals surface area contributed by atoms with Gasteiger partial charge in [0.05, 0.1) is 19.1 Å². The number of aliphatic hydroxyl groups excluding tert-OH is 1. The van der Waals surface area contributed by atoms with Crippen LogP contribution in [0, 0.1) is 0 Å². The minimum atomic E-state index is -0.100.